The zero-order valence-corrected chi connectivity index (χ0v) is 10.3. The Morgan fingerprint density at radius 1 is 1.31 bits per heavy atom. The van der Waals surface area contributed by atoms with Gasteiger partial charge in [0.2, 0.25) is 0 Å². The van der Waals surface area contributed by atoms with Crippen LogP contribution in [-0.2, 0) is 17.8 Å². The van der Waals surface area contributed by atoms with E-state index in [0.29, 0.717) is 6.61 Å². The number of nitrogens with zero attached hydrogens (tertiary/aromatic N) is 2. The van der Waals surface area contributed by atoms with Gasteiger partial charge in [-0.2, -0.15) is 5.10 Å². The number of fused-ring (bicyclic) bond motifs is 1. The van der Waals surface area contributed by atoms with Crippen LogP contribution in [0, 0.1) is 0 Å². The number of hydrogen-bond acceptors (Lipinski definition) is 2. The molecule has 16 heavy (non-hydrogen) atoms. The van der Waals surface area contributed by atoms with E-state index in [4.69, 9.17) is 4.74 Å². The second-order valence-corrected chi connectivity index (χ2v) is 4.64. The first-order valence-corrected chi connectivity index (χ1v) is 6.04. The maximum absolute atomic E-state index is 5.48. The Bertz CT molecular complexity index is 521. The highest BCUT2D eigenvalue weighted by Gasteiger charge is 2.17. The first-order valence-electron chi connectivity index (χ1n) is 5.24. The van der Waals surface area contributed by atoms with Gasteiger partial charge in [-0.05, 0) is 40.0 Å². The largest absolute Gasteiger partial charge is 0.375 e. The van der Waals surface area contributed by atoms with Crippen molar-refractivity contribution < 1.29 is 4.74 Å². The van der Waals surface area contributed by atoms with Crippen LogP contribution >= 0.6 is 15.9 Å². The third-order valence-electron chi connectivity index (χ3n) is 2.79. The summed E-state index contributed by atoms with van der Waals surface area (Å²) in [5, 5.41) is 4.44. The van der Waals surface area contributed by atoms with Gasteiger partial charge in [-0.25, -0.2) is 4.68 Å². The molecule has 2 aromatic rings. The molecular weight excluding hydrogens is 268 g/mol. The lowest BCUT2D eigenvalue weighted by molar-refractivity contribution is 0.106. The van der Waals surface area contributed by atoms with E-state index >= 15 is 0 Å². The van der Waals surface area contributed by atoms with E-state index in [2.05, 4.69) is 21.0 Å². The predicted octanol–water partition coefficient (Wildman–Crippen LogP) is 2.71. The molecule has 3 nitrogen and oxygen atoms in total. The molecule has 0 N–H and O–H groups in total. The van der Waals surface area contributed by atoms with Crippen molar-refractivity contribution in [3.8, 4) is 5.69 Å². The van der Waals surface area contributed by atoms with Crippen LogP contribution in [0.4, 0.5) is 0 Å². The Morgan fingerprint density at radius 3 is 3.06 bits per heavy atom. The number of benzene rings is 1. The normalized spacial score (nSPS) is 14.8. The maximum atomic E-state index is 5.48. The van der Waals surface area contributed by atoms with E-state index in [1.807, 2.05) is 35.1 Å². The molecule has 2 heterocycles. The van der Waals surface area contributed by atoms with E-state index in [-0.39, 0.29) is 0 Å². The first-order chi connectivity index (χ1) is 7.86. The molecular formula is C12H11BrN2O. The van der Waals surface area contributed by atoms with E-state index in [1.54, 1.807) is 0 Å². The summed E-state index contributed by atoms with van der Waals surface area (Å²) >= 11 is 3.54. The number of halogens is 1. The lowest BCUT2D eigenvalue weighted by Crippen LogP contribution is -2.12. The lowest BCUT2D eigenvalue weighted by Gasteiger charge is -2.15. The van der Waals surface area contributed by atoms with E-state index in [0.717, 1.165) is 28.9 Å². The highest BCUT2D eigenvalue weighted by Crippen LogP contribution is 2.25. The Hall–Kier alpha value is -1.13. The first kappa shape index (κ1) is 10.1. The minimum absolute atomic E-state index is 0.649. The Kier molecular flexibility index (Phi) is 2.53. The lowest BCUT2D eigenvalue weighted by atomic mass is 10.1. The Labute approximate surface area is 102 Å². The van der Waals surface area contributed by atoms with E-state index in [1.165, 1.54) is 5.56 Å². The molecule has 1 aliphatic rings. The van der Waals surface area contributed by atoms with Crippen molar-refractivity contribution in [2.75, 3.05) is 6.61 Å². The van der Waals surface area contributed by atoms with Crippen LogP contribution in [0.3, 0.4) is 0 Å². The van der Waals surface area contributed by atoms with Crippen LogP contribution in [0.15, 0.2) is 34.9 Å². The molecule has 4 heteroatoms. The Morgan fingerprint density at radius 2 is 2.19 bits per heavy atom. The molecule has 1 aromatic heterocycles. The quantitative estimate of drug-likeness (QED) is 0.802. The topological polar surface area (TPSA) is 27.1 Å². The molecule has 1 aliphatic heterocycles. The van der Waals surface area contributed by atoms with Crippen LogP contribution in [0.5, 0.6) is 0 Å². The number of para-hydroxylation sites is 1. The molecule has 0 aliphatic carbocycles. The molecule has 0 fully saturated rings. The van der Waals surface area contributed by atoms with Gasteiger partial charge >= 0.3 is 0 Å². The summed E-state index contributed by atoms with van der Waals surface area (Å²) in [5.74, 6) is 0. The molecule has 3 rings (SSSR count). The third kappa shape index (κ3) is 1.58. The van der Waals surface area contributed by atoms with Gasteiger partial charge in [0.25, 0.3) is 0 Å². The summed E-state index contributed by atoms with van der Waals surface area (Å²) in [5.41, 5.74) is 3.52. The van der Waals surface area contributed by atoms with Gasteiger partial charge in [-0.3, -0.25) is 0 Å². The van der Waals surface area contributed by atoms with E-state index < -0.39 is 0 Å². The third-order valence-corrected chi connectivity index (χ3v) is 3.46. The summed E-state index contributed by atoms with van der Waals surface area (Å²) in [6.45, 7) is 1.45. The van der Waals surface area contributed by atoms with Gasteiger partial charge in [0.15, 0.2) is 0 Å². The van der Waals surface area contributed by atoms with Crippen LogP contribution < -0.4 is 0 Å². The average molecular weight is 279 g/mol. The fraction of sp³-hybridized carbons (Fsp3) is 0.250. The van der Waals surface area contributed by atoms with Gasteiger partial charge in [0.05, 0.1) is 30.8 Å². The fourth-order valence-corrected chi connectivity index (χ4v) is 2.41. The zero-order valence-electron chi connectivity index (χ0n) is 8.69. The summed E-state index contributed by atoms with van der Waals surface area (Å²) < 4.78 is 8.48. The molecule has 1 aromatic carbocycles. The van der Waals surface area contributed by atoms with Crippen molar-refractivity contribution in [1.82, 2.24) is 9.78 Å². The molecule has 0 saturated heterocycles. The highest BCUT2D eigenvalue weighted by molar-refractivity contribution is 9.10. The zero-order chi connectivity index (χ0) is 11.0. The predicted molar refractivity (Wildman–Crippen MR) is 64.6 cm³/mol. The Balaban J connectivity index is 2.13. The van der Waals surface area contributed by atoms with Gasteiger partial charge in [-0.15, -0.1) is 0 Å². The van der Waals surface area contributed by atoms with E-state index in [9.17, 15) is 0 Å². The molecule has 0 radical (unpaired) electrons. The van der Waals surface area contributed by atoms with Crippen molar-refractivity contribution >= 4 is 15.9 Å². The minimum Gasteiger partial charge on any atom is -0.375 e. The summed E-state index contributed by atoms with van der Waals surface area (Å²) in [7, 11) is 0. The molecule has 0 atom stereocenters. The summed E-state index contributed by atoms with van der Waals surface area (Å²) in [6.07, 6.45) is 2.90. The van der Waals surface area contributed by atoms with Crippen molar-refractivity contribution in [2.24, 2.45) is 0 Å². The van der Waals surface area contributed by atoms with Gasteiger partial charge in [-0.1, -0.05) is 12.1 Å². The van der Waals surface area contributed by atoms with Gasteiger partial charge in [0.1, 0.15) is 0 Å². The average Bonchev–Trinajstić information content (AvgIpc) is 2.74. The second-order valence-electron chi connectivity index (χ2n) is 3.78. The summed E-state index contributed by atoms with van der Waals surface area (Å²) in [6, 6.07) is 8.08. The van der Waals surface area contributed by atoms with Crippen LogP contribution in [-0.4, -0.2) is 16.4 Å². The fourth-order valence-electron chi connectivity index (χ4n) is 1.95. The van der Waals surface area contributed by atoms with Gasteiger partial charge in [0, 0.05) is 4.47 Å². The second kappa shape index (κ2) is 4.03. The van der Waals surface area contributed by atoms with Crippen LogP contribution in [0.2, 0.25) is 0 Å². The highest BCUT2D eigenvalue weighted by atomic mass is 79.9. The molecule has 0 spiro atoms. The van der Waals surface area contributed by atoms with Crippen molar-refractivity contribution in [2.45, 2.75) is 13.0 Å². The van der Waals surface area contributed by atoms with Crippen molar-refractivity contribution in [1.29, 1.82) is 0 Å². The number of ether oxygens (including phenoxy) is 1. The molecule has 0 amide bonds. The SMILES string of the molecule is Brc1ccccc1-n1ncc2c1COCC2. The van der Waals surface area contributed by atoms with Crippen molar-refractivity contribution in [3.63, 3.8) is 0 Å². The van der Waals surface area contributed by atoms with Crippen LogP contribution in [0.25, 0.3) is 5.69 Å². The van der Waals surface area contributed by atoms with Crippen LogP contribution in [0.1, 0.15) is 11.3 Å². The van der Waals surface area contributed by atoms with Gasteiger partial charge < -0.3 is 4.74 Å². The monoisotopic (exact) mass is 278 g/mol. The molecule has 82 valence electrons. The number of aromatic nitrogens is 2. The maximum Gasteiger partial charge on any atom is 0.0892 e. The minimum atomic E-state index is 0.649. The molecule has 0 saturated carbocycles. The number of rotatable bonds is 1. The molecule has 0 unspecified atom stereocenters. The number of hydrogen-bond donors (Lipinski definition) is 0. The molecule has 0 bridgehead atoms. The summed E-state index contributed by atoms with van der Waals surface area (Å²) in [4.78, 5) is 0. The standard InChI is InChI=1S/C12H11BrN2O/c13-10-3-1-2-4-11(10)15-12-8-16-6-5-9(12)7-14-15/h1-4,7H,5-6,8H2. The van der Waals surface area contributed by atoms with Crippen molar-refractivity contribution in [3.05, 3.63) is 46.2 Å². The smallest absolute Gasteiger partial charge is 0.0892 e.